The second-order valence-electron chi connectivity index (χ2n) is 5.88. The largest absolute Gasteiger partial charge is 0.332 e. The second-order valence-corrected chi connectivity index (χ2v) is 7.10. The van der Waals surface area contributed by atoms with Crippen LogP contribution >= 0.6 is 28.1 Å². The van der Waals surface area contributed by atoms with E-state index in [-0.39, 0.29) is 11.9 Å². The van der Waals surface area contributed by atoms with Crippen molar-refractivity contribution >= 4 is 39.2 Å². The predicted octanol–water partition coefficient (Wildman–Crippen LogP) is 3.98. The fourth-order valence-electron chi connectivity index (χ4n) is 2.66. The molecule has 0 radical (unpaired) electrons. The van der Waals surface area contributed by atoms with Gasteiger partial charge in [0, 0.05) is 17.6 Å². The van der Waals surface area contributed by atoms with Gasteiger partial charge < -0.3 is 4.90 Å². The minimum Gasteiger partial charge on any atom is -0.332 e. The average molecular weight is 381 g/mol. The van der Waals surface area contributed by atoms with Crippen LogP contribution in [0.25, 0.3) is 0 Å². The number of hydrogen-bond donors (Lipinski definition) is 0. The Bertz CT molecular complexity index is 588. The lowest BCUT2D eigenvalue weighted by Crippen LogP contribution is -2.35. The van der Waals surface area contributed by atoms with Crippen LogP contribution in [0.15, 0.2) is 41.4 Å². The fraction of sp³-hybridized carbons (Fsp3) is 0.412. The molecule has 1 fully saturated rings. The van der Waals surface area contributed by atoms with E-state index in [0.717, 1.165) is 16.5 Å². The van der Waals surface area contributed by atoms with Crippen LogP contribution in [0.4, 0.5) is 0 Å². The molecule has 0 N–H and O–H groups in total. The summed E-state index contributed by atoms with van der Waals surface area (Å²) in [6.07, 6.45) is 2.52. The number of carbonyl (C=O) groups excluding carboxylic acids is 1. The molecule has 1 aliphatic heterocycles. The van der Waals surface area contributed by atoms with Crippen LogP contribution in [0.2, 0.25) is 0 Å². The van der Waals surface area contributed by atoms with Gasteiger partial charge in [0.2, 0.25) is 0 Å². The van der Waals surface area contributed by atoms with Crippen LogP contribution in [-0.4, -0.2) is 33.4 Å². The van der Waals surface area contributed by atoms with Crippen LogP contribution in [0.1, 0.15) is 25.8 Å². The summed E-state index contributed by atoms with van der Waals surface area (Å²) in [6.45, 7) is 9.09. The molecule has 2 rings (SSSR count). The summed E-state index contributed by atoms with van der Waals surface area (Å²) in [4.78, 5) is 16.4. The summed E-state index contributed by atoms with van der Waals surface area (Å²) in [5.41, 5.74) is 1.13. The summed E-state index contributed by atoms with van der Waals surface area (Å²) < 4.78 is 1.04. The number of benzene rings is 1. The Morgan fingerprint density at radius 3 is 2.68 bits per heavy atom. The molecule has 0 bridgehead atoms. The molecule has 1 atom stereocenters. The lowest BCUT2D eigenvalue weighted by Gasteiger charge is -2.25. The lowest BCUT2D eigenvalue weighted by atomic mass is 10.0. The van der Waals surface area contributed by atoms with Gasteiger partial charge in [0.05, 0.1) is 0 Å². The SMILES string of the molecule is C=CCN1C(=O)C(CC(C)C)N(Cc2ccccc2Br)C1=S. The molecular weight excluding hydrogens is 360 g/mol. The smallest absolute Gasteiger partial charge is 0.251 e. The molecular formula is C17H21BrN2OS. The van der Waals surface area contributed by atoms with E-state index in [1.165, 1.54) is 0 Å². The number of amides is 1. The van der Waals surface area contributed by atoms with E-state index < -0.39 is 0 Å². The minimum absolute atomic E-state index is 0.0886. The highest BCUT2D eigenvalue weighted by molar-refractivity contribution is 9.10. The number of hydrogen-bond acceptors (Lipinski definition) is 2. The van der Waals surface area contributed by atoms with E-state index in [1.807, 2.05) is 23.1 Å². The summed E-state index contributed by atoms with van der Waals surface area (Å²) in [5.74, 6) is 0.521. The third-order valence-electron chi connectivity index (χ3n) is 3.71. The quantitative estimate of drug-likeness (QED) is 0.550. The number of halogens is 1. The zero-order valence-corrected chi connectivity index (χ0v) is 15.4. The van der Waals surface area contributed by atoms with Crippen molar-refractivity contribution in [2.75, 3.05) is 6.54 Å². The maximum absolute atomic E-state index is 12.7. The third kappa shape index (κ3) is 3.58. The van der Waals surface area contributed by atoms with Crippen molar-refractivity contribution in [2.45, 2.75) is 32.9 Å². The van der Waals surface area contributed by atoms with Gasteiger partial charge in [-0.05, 0) is 36.2 Å². The molecule has 0 aliphatic carbocycles. The highest BCUT2D eigenvalue weighted by Crippen LogP contribution is 2.27. The zero-order chi connectivity index (χ0) is 16.3. The first kappa shape index (κ1) is 17.2. The van der Waals surface area contributed by atoms with Crippen molar-refractivity contribution in [1.29, 1.82) is 0 Å². The molecule has 1 aliphatic rings. The van der Waals surface area contributed by atoms with Gasteiger partial charge in [-0.25, -0.2) is 0 Å². The molecule has 3 nitrogen and oxygen atoms in total. The second kappa shape index (κ2) is 7.38. The van der Waals surface area contributed by atoms with E-state index in [2.05, 4.69) is 42.4 Å². The first-order chi connectivity index (χ1) is 10.5. The van der Waals surface area contributed by atoms with Crippen LogP contribution in [0, 0.1) is 5.92 Å². The van der Waals surface area contributed by atoms with Crippen molar-refractivity contribution in [3.63, 3.8) is 0 Å². The summed E-state index contributed by atoms with van der Waals surface area (Å²) in [6, 6.07) is 7.87. The highest BCUT2D eigenvalue weighted by Gasteiger charge is 2.41. The van der Waals surface area contributed by atoms with Gasteiger partial charge in [-0.1, -0.05) is 54.1 Å². The maximum atomic E-state index is 12.7. The molecule has 118 valence electrons. The van der Waals surface area contributed by atoms with Gasteiger partial charge in [-0.2, -0.15) is 0 Å². The highest BCUT2D eigenvalue weighted by atomic mass is 79.9. The Morgan fingerprint density at radius 2 is 2.09 bits per heavy atom. The van der Waals surface area contributed by atoms with Crippen molar-refractivity contribution < 1.29 is 4.79 Å². The number of nitrogens with zero attached hydrogens (tertiary/aromatic N) is 2. The normalized spacial score (nSPS) is 18.5. The van der Waals surface area contributed by atoms with Gasteiger partial charge in [0.15, 0.2) is 5.11 Å². The van der Waals surface area contributed by atoms with E-state index in [4.69, 9.17) is 12.2 Å². The molecule has 22 heavy (non-hydrogen) atoms. The molecule has 0 aromatic heterocycles. The topological polar surface area (TPSA) is 23.6 Å². The summed E-state index contributed by atoms with van der Waals surface area (Å²) in [5, 5.41) is 0.603. The van der Waals surface area contributed by atoms with Gasteiger partial charge in [-0.15, -0.1) is 6.58 Å². The first-order valence-corrected chi connectivity index (χ1v) is 8.62. The van der Waals surface area contributed by atoms with E-state index in [9.17, 15) is 4.79 Å². The summed E-state index contributed by atoms with van der Waals surface area (Å²) in [7, 11) is 0. The van der Waals surface area contributed by atoms with Crippen molar-refractivity contribution in [1.82, 2.24) is 9.80 Å². The molecule has 1 aromatic rings. The van der Waals surface area contributed by atoms with Crippen molar-refractivity contribution in [3.05, 3.63) is 47.0 Å². The Kier molecular flexibility index (Phi) is 5.75. The number of thiocarbonyl (C=S) groups is 1. The van der Waals surface area contributed by atoms with E-state index >= 15 is 0 Å². The van der Waals surface area contributed by atoms with Crippen LogP contribution < -0.4 is 0 Å². The Hall–Kier alpha value is -1.20. The van der Waals surface area contributed by atoms with E-state index in [0.29, 0.717) is 24.1 Å². The molecule has 1 heterocycles. The monoisotopic (exact) mass is 380 g/mol. The Balaban J connectivity index is 2.28. The van der Waals surface area contributed by atoms with Crippen LogP contribution in [0.5, 0.6) is 0 Å². The number of carbonyl (C=O) groups is 1. The minimum atomic E-state index is -0.181. The molecule has 1 unspecified atom stereocenters. The lowest BCUT2D eigenvalue weighted by molar-refractivity contribution is -0.128. The molecule has 0 spiro atoms. The third-order valence-corrected chi connectivity index (χ3v) is 4.94. The van der Waals surface area contributed by atoms with Crippen LogP contribution in [-0.2, 0) is 11.3 Å². The van der Waals surface area contributed by atoms with Crippen LogP contribution in [0.3, 0.4) is 0 Å². The van der Waals surface area contributed by atoms with Gasteiger partial charge in [-0.3, -0.25) is 9.69 Å². The Morgan fingerprint density at radius 1 is 1.41 bits per heavy atom. The molecule has 1 amide bonds. The zero-order valence-electron chi connectivity index (χ0n) is 13.0. The average Bonchev–Trinajstić information content (AvgIpc) is 2.67. The molecule has 5 heteroatoms. The molecule has 0 saturated carbocycles. The Labute approximate surface area is 146 Å². The van der Waals surface area contributed by atoms with E-state index in [1.54, 1.807) is 11.0 Å². The van der Waals surface area contributed by atoms with Gasteiger partial charge in [0.25, 0.3) is 5.91 Å². The maximum Gasteiger partial charge on any atom is 0.251 e. The number of rotatable bonds is 6. The fourth-order valence-corrected chi connectivity index (χ4v) is 3.42. The standard InChI is InChI=1S/C17H21BrN2OS/c1-4-9-19-16(21)15(10-12(2)3)20(17(19)22)11-13-7-5-6-8-14(13)18/h4-8,12,15H,1,9-11H2,2-3H3. The summed E-state index contributed by atoms with van der Waals surface area (Å²) >= 11 is 9.12. The van der Waals surface area contributed by atoms with Crippen molar-refractivity contribution in [3.8, 4) is 0 Å². The first-order valence-electron chi connectivity index (χ1n) is 7.42. The predicted molar refractivity (Wildman–Crippen MR) is 97.4 cm³/mol. The molecule has 1 aromatic carbocycles. The van der Waals surface area contributed by atoms with Gasteiger partial charge >= 0.3 is 0 Å². The molecule has 1 saturated heterocycles. The van der Waals surface area contributed by atoms with Gasteiger partial charge in [0.1, 0.15) is 6.04 Å². The van der Waals surface area contributed by atoms with Crippen molar-refractivity contribution in [2.24, 2.45) is 5.92 Å².